The molecule has 0 radical (unpaired) electrons. The number of hydrogen-bond acceptors (Lipinski definition) is 4. The van der Waals surface area contributed by atoms with Gasteiger partial charge in [0.1, 0.15) is 0 Å². The molecular formula is C14H11BN2O3. The number of nitrogens with zero attached hydrogens (tertiary/aromatic N) is 1. The van der Waals surface area contributed by atoms with Gasteiger partial charge in [-0.05, 0) is 41.9 Å². The SMILES string of the molecule is N#Cc1ccc(NC(=O)c2ccc(B(O)O)cc2)cc1. The molecule has 0 spiro atoms. The lowest BCUT2D eigenvalue weighted by molar-refractivity contribution is 0.102. The molecule has 0 atom stereocenters. The molecule has 0 saturated heterocycles. The van der Waals surface area contributed by atoms with E-state index < -0.39 is 7.12 Å². The van der Waals surface area contributed by atoms with Crippen molar-refractivity contribution in [3.63, 3.8) is 0 Å². The Labute approximate surface area is 116 Å². The van der Waals surface area contributed by atoms with Crippen LogP contribution >= 0.6 is 0 Å². The van der Waals surface area contributed by atoms with Crippen LogP contribution in [0.15, 0.2) is 48.5 Å². The van der Waals surface area contributed by atoms with Crippen molar-refractivity contribution in [2.24, 2.45) is 0 Å². The minimum atomic E-state index is -1.55. The molecule has 0 aliphatic heterocycles. The van der Waals surface area contributed by atoms with Gasteiger partial charge < -0.3 is 15.4 Å². The number of hydrogen-bond donors (Lipinski definition) is 3. The van der Waals surface area contributed by atoms with Crippen LogP contribution in [0.1, 0.15) is 15.9 Å². The number of amides is 1. The van der Waals surface area contributed by atoms with E-state index in [2.05, 4.69) is 5.32 Å². The fraction of sp³-hybridized carbons (Fsp3) is 0. The molecule has 0 heterocycles. The minimum Gasteiger partial charge on any atom is -0.423 e. The van der Waals surface area contributed by atoms with Crippen LogP contribution in [-0.2, 0) is 0 Å². The Morgan fingerprint density at radius 2 is 1.65 bits per heavy atom. The lowest BCUT2D eigenvalue weighted by Gasteiger charge is -2.06. The summed E-state index contributed by atoms with van der Waals surface area (Å²) in [6.45, 7) is 0. The number of nitriles is 1. The number of carbonyl (C=O) groups excluding carboxylic acids is 1. The first-order chi connectivity index (χ1) is 9.60. The van der Waals surface area contributed by atoms with Gasteiger partial charge in [0, 0.05) is 11.3 Å². The Morgan fingerprint density at radius 1 is 1.05 bits per heavy atom. The van der Waals surface area contributed by atoms with Crippen molar-refractivity contribution in [2.45, 2.75) is 0 Å². The number of anilines is 1. The molecule has 0 aliphatic carbocycles. The Bertz CT molecular complexity index is 646. The lowest BCUT2D eigenvalue weighted by atomic mass is 9.80. The van der Waals surface area contributed by atoms with Crippen molar-refractivity contribution >= 4 is 24.2 Å². The highest BCUT2D eigenvalue weighted by Crippen LogP contribution is 2.10. The van der Waals surface area contributed by atoms with Gasteiger partial charge in [0.05, 0.1) is 11.6 Å². The summed E-state index contributed by atoms with van der Waals surface area (Å²) < 4.78 is 0. The van der Waals surface area contributed by atoms with Crippen LogP contribution in [0, 0.1) is 11.3 Å². The molecular weight excluding hydrogens is 255 g/mol. The largest absolute Gasteiger partial charge is 0.488 e. The molecule has 3 N–H and O–H groups in total. The number of carbonyl (C=O) groups is 1. The van der Waals surface area contributed by atoms with Crippen LogP contribution in [0.3, 0.4) is 0 Å². The Morgan fingerprint density at radius 3 is 2.15 bits per heavy atom. The molecule has 0 fully saturated rings. The quantitative estimate of drug-likeness (QED) is 0.705. The summed E-state index contributed by atoms with van der Waals surface area (Å²) in [5.74, 6) is -0.311. The molecule has 2 aromatic rings. The van der Waals surface area contributed by atoms with Crippen LogP contribution in [-0.4, -0.2) is 23.1 Å². The van der Waals surface area contributed by atoms with Crippen LogP contribution in [0.2, 0.25) is 0 Å². The van der Waals surface area contributed by atoms with E-state index in [4.69, 9.17) is 15.3 Å². The van der Waals surface area contributed by atoms with Crippen LogP contribution in [0.4, 0.5) is 5.69 Å². The van der Waals surface area contributed by atoms with Crippen molar-refractivity contribution in [3.05, 3.63) is 59.7 Å². The van der Waals surface area contributed by atoms with Gasteiger partial charge in [0.2, 0.25) is 0 Å². The fourth-order valence-corrected chi connectivity index (χ4v) is 1.64. The van der Waals surface area contributed by atoms with Crippen molar-refractivity contribution in [3.8, 4) is 6.07 Å². The molecule has 0 aliphatic rings. The summed E-state index contributed by atoms with van der Waals surface area (Å²) in [6, 6.07) is 14.5. The molecule has 0 aromatic heterocycles. The van der Waals surface area contributed by atoms with E-state index in [0.717, 1.165) is 0 Å². The summed E-state index contributed by atoms with van der Waals surface area (Å²) >= 11 is 0. The van der Waals surface area contributed by atoms with Gasteiger partial charge in [0.25, 0.3) is 5.91 Å². The second-order valence-electron chi connectivity index (χ2n) is 4.14. The molecule has 0 saturated carbocycles. The number of benzene rings is 2. The van der Waals surface area contributed by atoms with Gasteiger partial charge in [0.15, 0.2) is 0 Å². The fourth-order valence-electron chi connectivity index (χ4n) is 1.64. The zero-order valence-electron chi connectivity index (χ0n) is 10.4. The maximum absolute atomic E-state index is 11.9. The van der Waals surface area contributed by atoms with Crippen molar-refractivity contribution in [1.82, 2.24) is 0 Å². The summed E-state index contributed by atoms with van der Waals surface area (Å²) in [6.07, 6.45) is 0. The topological polar surface area (TPSA) is 93.4 Å². The van der Waals surface area contributed by atoms with Crippen molar-refractivity contribution in [1.29, 1.82) is 5.26 Å². The van der Waals surface area contributed by atoms with E-state index in [9.17, 15) is 4.79 Å². The van der Waals surface area contributed by atoms with Crippen LogP contribution in [0.25, 0.3) is 0 Å². The number of nitrogens with one attached hydrogen (secondary N) is 1. The summed E-state index contributed by atoms with van der Waals surface area (Å²) in [5.41, 5.74) is 1.82. The molecule has 20 heavy (non-hydrogen) atoms. The molecule has 1 amide bonds. The molecule has 5 nitrogen and oxygen atoms in total. The standard InChI is InChI=1S/C14H11BN2O3/c16-9-10-1-7-13(8-2-10)17-14(18)11-3-5-12(6-4-11)15(19)20/h1-8,19-20H,(H,17,18). The Balaban J connectivity index is 2.09. The molecule has 0 unspecified atom stereocenters. The number of rotatable bonds is 3. The molecule has 2 aromatic carbocycles. The lowest BCUT2D eigenvalue weighted by Crippen LogP contribution is -2.29. The first-order valence-corrected chi connectivity index (χ1v) is 5.88. The third kappa shape index (κ3) is 3.23. The summed E-state index contributed by atoms with van der Waals surface area (Å²) in [5, 5.41) is 29.3. The molecule has 6 heteroatoms. The summed E-state index contributed by atoms with van der Waals surface area (Å²) in [7, 11) is -1.55. The van der Waals surface area contributed by atoms with Gasteiger partial charge in [-0.25, -0.2) is 0 Å². The van der Waals surface area contributed by atoms with E-state index in [0.29, 0.717) is 22.3 Å². The predicted octanol–water partition coefficient (Wildman–Crippen LogP) is 0.490. The molecule has 98 valence electrons. The van der Waals surface area contributed by atoms with E-state index in [1.165, 1.54) is 24.3 Å². The Kier molecular flexibility index (Phi) is 4.16. The third-order valence-corrected chi connectivity index (χ3v) is 2.74. The Hall–Kier alpha value is -2.62. The van der Waals surface area contributed by atoms with Gasteiger partial charge in [-0.15, -0.1) is 0 Å². The third-order valence-electron chi connectivity index (χ3n) is 2.74. The zero-order chi connectivity index (χ0) is 14.5. The average Bonchev–Trinajstić information content (AvgIpc) is 2.48. The van der Waals surface area contributed by atoms with Gasteiger partial charge in [-0.3, -0.25) is 4.79 Å². The smallest absolute Gasteiger partial charge is 0.423 e. The maximum atomic E-state index is 11.9. The second-order valence-corrected chi connectivity index (χ2v) is 4.14. The van der Waals surface area contributed by atoms with Gasteiger partial charge >= 0.3 is 7.12 Å². The zero-order valence-corrected chi connectivity index (χ0v) is 10.4. The predicted molar refractivity (Wildman–Crippen MR) is 75.4 cm³/mol. The average molecular weight is 266 g/mol. The van der Waals surface area contributed by atoms with Gasteiger partial charge in [-0.2, -0.15) is 5.26 Å². The molecule has 0 bridgehead atoms. The van der Waals surface area contributed by atoms with Crippen molar-refractivity contribution < 1.29 is 14.8 Å². The van der Waals surface area contributed by atoms with E-state index in [1.807, 2.05) is 6.07 Å². The highest BCUT2D eigenvalue weighted by atomic mass is 16.4. The van der Waals surface area contributed by atoms with E-state index >= 15 is 0 Å². The van der Waals surface area contributed by atoms with E-state index in [1.54, 1.807) is 24.3 Å². The van der Waals surface area contributed by atoms with E-state index in [-0.39, 0.29) is 5.91 Å². The first-order valence-electron chi connectivity index (χ1n) is 5.88. The highest BCUT2D eigenvalue weighted by molar-refractivity contribution is 6.58. The minimum absolute atomic E-state index is 0.311. The maximum Gasteiger partial charge on any atom is 0.488 e. The van der Waals surface area contributed by atoms with Gasteiger partial charge in [-0.1, -0.05) is 12.1 Å². The van der Waals surface area contributed by atoms with Crippen molar-refractivity contribution in [2.75, 3.05) is 5.32 Å². The van der Waals surface area contributed by atoms with Crippen LogP contribution < -0.4 is 10.8 Å². The summed E-state index contributed by atoms with van der Waals surface area (Å²) in [4.78, 5) is 11.9. The normalized spacial score (nSPS) is 9.65. The second kappa shape index (κ2) is 6.02. The van der Waals surface area contributed by atoms with Crippen LogP contribution in [0.5, 0.6) is 0 Å². The molecule has 2 rings (SSSR count). The first kappa shape index (κ1) is 13.8. The highest BCUT2D eigenvalue weighted by Gasteiger charge is 2.12. The monoisotopic (exact) mass is 266 g/mol.